The highest BCUT2D eigenvalue weighted by atomic mass is 35.5. The molecule has 0 atom stereocenters. The average Bonchev–Trinajstić information content (AvgIpc) is 2.70. The molecule has 2 aromatic carbocycles. The fourth-order valence-corrected chi connectivity index (χ4v) is 3.38. The van der Waals surface area contributed by atoms with E-state index in [1.165, 1.54) is 24.4 Å². The Morgan fingerprint density at radius 2 is 1.67 bits per heavy atom. The Labute approximate surface area is 209 Å². The van der Waals surface area contributed by atoms with Crippen LogP contribution < -0.4 is 19.5 Å². The highest BCUT2D eigenvalue weighted by Gasteiger charge is 2.35. The molecule has 15 heteroatoms. The number of hydrogen-bond donors (Lipinski definition) is 4. The highest BCUT2D eigenvalue weighted by Crippen LogP contribution is 2.43. The third-order valence-corrected chi connectivity index (χ3v) is 4.63. The van der Waals surface area contributed by atoms with E-state index in [9.17, 15) is 22.4 Å². The predicted octanol–water partition coefficient (Wildman–Crippen LogP) is 4.75. The summed E-state index contributed by atoms with van der Waals surface area (Å²) in [6, 6.07) is 6.40. The second-order valence-corrected chi connectivity index (χ2v) is 7.78. The maximum absolute atomic E-state index is 14.7. The van der Waals surface area contributed by atoms with Crippen molar-refractivity contribution in [3.05, 3.63) is 69.7 Å². The first-order valence-electron chi connectivity index (χ1n) is 9.48. The van der Waals surface area contributed by atoms with Gasteiger partial charge in [-0.05, 0) is 37.3 Å². The van der Waals surface area contributed by atoms with Crippen LogP contribution in [0.4, 0.5) is 23.2 Å². The maximum Gasteiger partial charge on any atom is 0.573 e. The minimum atomic E-state index is -5.33. The fraction of sp³-hybridized carbons (Fsp3) is 0.143. The molecule has 192 valence electrons. The minimum absolute atomic E-state index is 0.0629. The van der Waals surface area contributed by atoms with Crippen LogP contribution in [0, 0.1) is 12.7 Å². The van der Waals surface area contributed by atoms with Gasteiger partial charge < -0.3 is 34.8 Å². The molecule has 0 saturated carbocycles. The molecule has 9 nitrogen and oxygen atoms in total. The van der Waals surface area contributed by atoms with E-state index in [0.29, 0.717) is 23.5 Å². The molecule has 0 fully saturated rings. The van der Waals surface area contributed by atoms with Gasteiger partial charge in [-0.1, -0.05) is 23.2 Å². The van der Waals surface area contributed by atoms with E-state index < -0.39 is 47.2 Å². The monoisotopic (exact) mass is 552 g/mol. The van der Waals surface area contributed by atoms with Crippen LogP contribution >= 0.6 is 23.2 Å². The number of alkyl halides is 3. The molecule has 1 amide bonds. The van der Waals surface area contributed by atoms with Gasteiger partial charge in [-0.2, -0.15) is 4.39 Å². The van der Waals surface area contributed by atoms with Crippen molar-refractivity contribution in [2.24, 2.45) is 0 Å². The third-order valence-electron chi connectivity index (χ3n) is 4.11. The molecule has 36 heavy (non-hydrogen) atoms. The number of halogens is 6. The Kier molecular flexibility index (Phi) is 7.81. The van der Waals surface area contributed by atoms with Crippen molar-refractivity contribution in [3.8, 4) is 23.0 Å². The first kappa shape index (κ1) is 27.2. The molecule has 0 aliphatic heterocycles. The molecule has 4 N–H and O–H groups in total. The van der Waals surface area contributed by atoms with Crippen LogP contribution in [0.15, 0.2) is 42.6 Å². The number of rotatable bonds is 7. The smallest absolute Gasteiger partial charge is 0.452 e. The van der Waals surface area contributed by atoms with Crippen LogP contribution in [0.5, 0.6) is 23.0 Å². The number of hydrogen-bond acceptors (Lipinski definition) is 8. The van der Waals surface area contributed by atoms with Crippen molar-refractivity contribution in [2.75, 3.05) is 5.32 Å². The second kappa shape index (κ2) is 10.3. The number of carbonyl (C=O) groups excluding carboxylic acids is 1. The lowest BCUT2D eigenvalue weighted by atomic mass is 10.1. The van der Waals surface area contributed by atoms with E-state index in [4.69, 9.17) is 43.3 Å². The number of anilines is 1. The summed E-state index contributed by atoms with van der Waals surface area (Å²) in [6.07, 6.45) is -7.94. The zero-order valence-corrected chi connectivity index (χ0v) is 19.2. The van der Waals surface area contributed by atoms with Gasteiger partial charge >= 0.3 is 12.5 Å². The Morgan fingerprint density at radius 1 is 1.00 bits per heavy atom. The number of aliphatic hydroxyl groups is 3. The van der Waals surface area contributed by atoms with E-state index in [2.05, 4.69) is 19.8 Å². The van der Waals surface area contributed by atoms with Gasteiger partial charge in [0.1, 0.15) is 11.3 Å². The first-order chi connectivity index (χ1) is 16.6. The average molecular weight is 553 g/mol. The number of carbonyl (C=O) groups is 1. The molecule has 3 rings (SSSR count). The SMILES string of the molecule is Cc1cc(NC(=O)c2c(Cl)cc(Cl)cc2Oc2ccc(OC(F)(F)F)c(F)c2OC(O)(O)O)ccn1. The lowest BCUT2D eigenvalue weighted by Crippen LogP contribution is -2.35. The summed E-state index contributed by atoms with van der Waals surface area (Å²) in [5, 5.41) is 29.6. The molecule has 0 saturated heterocycles. The molecule has 0 aliphatic carbocycles. The van der Waals surface area contributed by atoms with Gasteiger partial charge in [0.05, 0.1) is 5.02 Å². The lowest BCUT2D eigenvalue weighted by molar-refractivity contribution is -0.420. The first-order valence-corrected chi connectivity index (χ1v) is 10.2. The van der Waals surface area contributed by atoms with Crippen molar-refractivity contribution in [2.45, 2.75) is 19.4 Å². The van der Waals surface area contributed by atoms with Gasteiger partial charge in [0.2, 0.25) is 11.6 Å². The molecule has 0 spiro atoms. The third kappa shape index (κ3) is 7.08. The van der Waals surface area contributed by atoms with Crippen LogP contribution in [0.1, 0.15) is 16.1 Å². The number of nitrogens with zero attached hydrogens (tertiary/aromatic N) is 1. The van der Waals surface area contributed by atoms with Crippen molar-refractivity contribution in [3.63, 3.8) is 0 Å². The van der Waals surface area contributed by atoms with E-state index in [-0.39, 0.29) is 15.6 Å². The second-order valence-electron chi connectivity index (χ2n) is 6.93. The topological polar surface area (TPSA) is 130 Å². The van der Waals surface area contributed by atoms with Crippen molar-refractivity contribution in [1.82, 2.24) is 4.98 Å². The summed E-state index contributed by atoms with van der Waals surface area (Å²) in [5.74, 6) is -6.91. The maximum atomic E-state index is 14.7. The summed E-state index contributed by atoms with van der Waals surface area (Å²) in [4.78, 5) is 16.9. The van der Waals surface area contributed by atoms with Gasteiger partial charge in [-0.15, -0.1) is 13.2 Å². The quantitative estimate of drug-likeness (QED) is 0.244. The van der Waals surface area contributed by atoms with Crippen LogP contribution in [-0.2, 0) is 0 Å². The Morgan fingerprint density at radius 3 is 2.28 bits per heavy atom. The van der Waals surface area contributed by atoms with Crippen molar-refractivity contribution in [1.29, 1.82) is 0 Å². The van der Waals surface area contributed by atoms with Gasteiger partial charge in [0.15, 0.2) is 11.5 Å². The molecular weight excluding hydrogens is 539 g/mol. The fourth-order valence-electron chi connectivity index (χ4n) is 2.82. The van der Waals surface area contributed by atoms with Crippen LogP contribution in [0.25, 0.3) is 0 Å². The Bertz CT molecular complexity index is 1300. The van der Waals surface area contributed by atoms with Gasteiger partial charge in [-0.3, -0.25) is 9.78 Å². The standard InChI is InChI=1S/C21H14Cl2F4N2O7/c1-9-6-11(4-5-28-9)29-19(30)16-12(23)7-10(22)8-15(16)34-14-3-2-13(35-20(25,26)27)17(24)18(14)36-21(31,32)33/h2-8,31-33H,1H3,(H,28,29,30). The normalized spacial score (nSPS) is 11.7. The van der Waals surface area contributed by atoms with E-state index in [1.807, 2.05) is 0 Å². The number of aromatic nitrogens is 1. The number of ether oxygens (including phenoxy) is 3. The summed E-state index contributed by atoms with van der Waals surface area (Å²) in [5.41, 5.74) is 0.546. The number of nitrogens with one attached hydrogen (secondary N) is 1. The van der Waals surface area contributed by atoms with Crippen LogP contribution in [-0.4, -0.2) is 38.7 Å². The van der Waals surface area contributed by atoms with E-state index in [1.54, 1.807) is 6.92 Å². The summed E-state index contributed by atoms with van der Waals surface area (Å²) in [7, 11) is 0. The molecule has 0 aliphatic rings. The number of amides is 1. The number of benzene rings is 2. The zero-order chi connectivity index (χ0) is 26.8. The lowest BCUT2D eigenvalue weighted by Gasteiger charge is -2.21. The molecule has 0 radical (unpaired) electrons. The molecule has 0 unspecified atom stereocenters. The summed E-state index contributed by atoms with van der Waals surface area (Å²) >= 11 is 12.1. The highest BCUT2D eigenvalue weighted by molar-refractivity contribution is 6.37. The summed E-state index contributed by atoms with van der Waals surface area (Å²) < 4.78 is 65.6. The molecule has 1 heterocycles. The van der Waals surface area contributed by atoms with Crippen molar-refractivity contribution < 1.29 is 51.9 Å². The van der Waals surface area contributed by atoms with Crippen LogP contribution in [0.2, 0.25) is 10.0 Å². The molecular formula is C21H14Cl2F4N2O7. The van der Waals surface area contributed by atoms with Gasteiger partial charge in [0, 0.05) is 28.7 Å². The minimum Gasteiger partial charge on any atom is -0.452 e. The Hall–Kier alpha value is -3.36. The largest absolute Gasteiger partial charge is 0.573 e. The van der Waals surface area contributed by atoms with Crippen LogP contribution in [0.3, 0.4) is 0 Å². The molecule has 0 bridgehead atoms. The molecule has 3 aromatic rings. The number of pyridine rings is 1. The van der Waals surface area contributed by atoms with Gasteiger partial charge in [0.25, 0.3) is 5.91 Å². The van der Waals surface area contributed by atoms with Crippen molar-refractivity contribution >= 4 is 34.8 Å². The molecule has 1 aromatic heterocycles. The Balaban J connectivity index is 2.07. The summed E-state index contributed by atoms with van der Waals surface area (Å²) in [6.45, 7) is 1.67. The van der Waals surface area contributed by atoms with E-state index >= 15 is 0 Å². The predicted molar refractivity (Wildman–Crippen MR) is 117 cm³/mol. The van der Waals surface area contributed by atoms with E-state index in [0.717, 1.165) is 6.07 Å². The number of aryl methyl sites for hydroxylation is 1. The zero-order valence-electron chi connectivity index (χ0n) is 17.7. The van der Waals surface area contributed by atoms with Gasteiger partial charge in [-0.25, -0.2) is 0 Å².